The molecule has 8 heteroatoms. The number of nitrogens with zero attached hydrogens (tertiary/aromatic N) is 2. The number of carbonyl (C=O) groups is 1. The van der Waals surface area contributed by atoms with Gasteiger partial charge in [0.2, 0.25) is 5.91 Å². The number of likely N-dealkylation sites (tertiary alicyclic amines) is 1. The minimum Gasteiger partial charge on any atom is -0.408 e. The van der Waals surface area contributed by atoms with Crippen molar-refractivity contribution >= 4 is 17.0 Å². The van der Waals surface area contributed by atoms with Crippen LogP contribution >= 0.6 is 0 Å². The molecule has 23 heavy (non-hydrogen) atoms. The number of amides is 1. The standard InChI is InChI=1S/C15H15F3N2O3/c16-15(17,18)9-13(21)19-7-5-10(6-8-19)20-11-3-1-2-4-12(11)23-14(20)22/h1-4,10H,5-9H2. The highest BCUT2D eigenvalue weighted by Crippen LogP contribution is 2.27. The molecule has 124 valence electrons. The molecular formula is C15H15F3N2O3. The molecule has 0 unspecified atom stereocenters. The molecule has 1 aromatic heterocycles. The SMILES string of the molecule is O=C(CC(F)(F)F)N1CCC(n2c(=O)oc3ccccc32)CC1. The zero-order chi connectivity index (χ0) is 16.6. The van der Waals surface area contributed by atoms with Crippen molar-refractivity contribution in [3.8, 4) is 0 Å². The summed E-state index contributed by atoms with van der Waals surface area (Å²) in [4.78, 5) is 24.8. The number of benzene rings is 1. The number of hydrogen-bond acceptors (Lipinski definition) is 3. The van der Waals surface area contributed by atoms with Crippen molar-refractivity contribution in [3.05, 3.63) is 34.8 Å². The third-order valence-corrected chi connectivity index (χ3v) is 4.05. The van der Waals surface area contributed by atoms with Gasteiger partial charge < -0.3 is 9.32 Å². The van der Waals surface area contributed by atoms with Crippen molar-refractivity contribution in [3.63, 3.8) is 0 Å². The number of carbonyl (C=O) groups excluding carboxylic acids is 1. The lowest BCUT2D eigenvalue weighted by atomic mass is 10.0. The number of rotatable bonds is 2. The maximum absolute atomic E-state index is 12.3. The minimum absolute atomic E-state index is 0.180. The molecule has 0 bridgehead atoms. The summed E-state index contributed by atoms with van der Waals surface area (Å²) in [5.74, 6) is -1.40. The molecule has 3 rings (SSSR count). The van der Waals surface area contributed by atoms with Crippen molar-refractivity contribution in [2.24, 2.45) is 0 Å². The van der Waals surface area contributed by atoms with Crippen LogP contribution in [0.5, 0.6) is 0 Å². The van der Waals surface area contributed by atoms with Gasteiger partial charge in [-0.1, -0.05) is 12.1 Å². The lowest BCUT2D eigenvalue weighted by molar-refractivity contribution is -0.162. The van der Waals surface area contributed by atoms with Crippen molar-refractivity contribution in [1.82, 2.24) is 9.47 Å². The Labute approximate surface area is 129 Å². The Balaban J connectivity index is 1.73. The summed E-state index contributed by atoms with van der Waals surface area (Å²) in [6, 6.07) is 6.82. The van der Waals surface area contributed by atoms with Crippen LogP contribution in [0.3, 0.4) is 0 Å². The zero-order valence-corrected chi connectivity index (χ0v) is 12.2. The topological polar surface area (TPSA) is 55.5 Å². The van der Waals surface area contributed by atoms with Gasteiger partial charge in [0, 0.05) is 19.1 Å². The van der Waals surface area contributed by atoms with Crippen molar-refractivity contribution < 1.29 is 22.4 Å². The lowest BCUT2D eigenvalue weighted by Gasteiger charge is -2.32. The number of fused-ring (bicyclic) bond motifs is 1. The van der Waals surface area contributed by atoms with Gasteiger partial charge in [-0.05, 0) is 25.0 Å². The fourth-order valence-corrected chi connectivity index (χ4v) is 2.99. The van der Waals surface area contributed by atoms with Gasteiger partial charge in [0.1, 0.15) is 6.42 Å². The number of aromatic nitrogens is 1. The van der Waals surface area contributed by atoms with Gasteiger partial charge in [0.25, 0.3) is 0 Å². The molecule has 0 N–H and O–H groups in total. The van der Waals surface area contributed by atoms with E-state index in [9.17, 15) is 22.8 Å². The Morgan fingerprint density at radius 2 is 1.87 bits per heavy atom. The molecule has 1 aromatic carbocycles. The molecule has 0 atom stereocenters. The third kappa shape index (κ3) is 3.25. The first-order valence-electron chi connectivity index (χ1n) is 7.30. The second kappa shape index (κ2) is 5.75. The van der Waals surface area contributed by atoms with E-state index in [4.69, 9.17) is 4.42 Å². The molecule has 0 aliphatic carbocycles. The second-order valence-corrected chi connectivity index (χ2v) is 5.61. The molecular weight excluding hydrogens is 313 g/mol. The highest BCUT2D eigenvalue weighted by atomic mass is 19.4. The average molecular weight is 328 g/mol. The Morgan fingerprint density at radius 1 is 1.22 bits per heavy atom. The van der Waals surface area contributed by atoms with Crippen LogP contribution in [0.15, 0.2) is 33.5 Å². The summed E-state index contributed by atoms with van der Waals surface area (Å²) >= 11 is 0. The molecule has 2 heterocycles. The van der Waals surface area contributed by atoms with Crippen LogP contribution in [0.4, 0.5) is 13.2 Å². The van der Waals surface area contributed by atoms with E-state index in [0.717, 1.165) is 0 Å². The van der Waals surface area contributed by atoms with Gasteiger partial charge in [-0.15, -0.1) is 0 Å². The normalized spacial score (nSPS) is 16.9. The van der Waals surface area contributed by atoms with Crippen molar-refractivity contribution in [2.45, 2.75) is 31.5 Å². The number of piperidine rings is 1. The highest BCUT2D eigenvalue weighted by Gasteiger charge is 2.35. The monoisotopic (exact) mass is 328 g/mol. The minimum atomic E-state index is -4.49. The molecule has 0 spiro atoms. The van der Waals surface area contributed by atoms with Crippen LogP contribution in [-0.4, -0.2) is 34.6 Å². The Morgan fingerprint density at radius 3 is 2.52 bits per heavy atom. The number of halogens is 3. The van der Waals surface area contributed by atoms with Gasteiger partial charge in [-0.2, -0.15) is 13.2 Å². The molecule has 1 aliphatic heterocycles. The largest absolute Gasteiger partial charge is 0.420 e. The van der Waals surface area contributed by atoms with Crippen molar-refractivity contribution in [2.75, 3.05) is 13.1 Å². The molecule has 1 saturated heterocycles. The fourth-order valence-electron chi connectivity index (χ4n) is 2.99. The number of hydrogen-bond donors (Lipinski definition) is 0. The summed E-state index contributed by atoms with van der Waals surface area (Å²) in [6.07, 6.45) is -5.09. The molecule has 0 saturated carbocycles. The van der Waals surface area contributed by atoms with E-state index in [2.05, 4.69) is 0 Å². The van der Waals surface area contributed by atoms with E-state index >= 15 is 0 Å². The maximum Gasteiger partial charge on any atom is 0.420 e. The summed E-state index contributed by atoms with van der Waals surface area (Å²) < 4.78 is 43.5. The molecule has 0 radical (unpaired) electrons. The van der Waals surface area contributed by atoms with Gasteiger partial charge in [-0.25, -0.2) is 4.79 Å². The molecule has 2 aromatic rings. The number of para-hydroxylation sites is 2. The Bertz CT molecular complexity index is 770. The summed E-state index contributed by atoms with van der Waals surface area (Å²) in [7, 11) is 0. The summed E-state index contributed by atoms with van der Waals surface area (Å²) in [6.45, 7) is 0.400. The van der Waals surface area contributed by atoms with Crippen LogP contribution in [0.2, 0.25) is 0 Å². The van der Waals surface area contributed by atoms with E-state index in [0.29, 0.717) is 23.9 Å². The average Bonchev–Trinajstić information content (AvgIpc) is 2.81. The van der Waals surface area contributed by atoms with Crippen LogP contribution in [0, 0.1) is 0 Å². The number of alkyl halides is 3. The Hall–Kier alpha value is -2.25. The van der Waals surface area contributed by atoms with Gasteiger partial charge in [-0.3, -0.25) is 9.36 Å². The number of oxazole rings is 1. The van der Waals surface area contributed by atoms with Crippen molar-refractivity contribution in [1.29, 1.82) is 0 Å². The van der Waals surface area contributed by atoms with E-state index in [1.54, 1.807) is 24.3 Å². The Kier molecular flexibility index (Phi) is 3.91. The summed E-state index contributed by atoms with van der Waals surface area (Å²) in [5, 5.41) is 0. The quantitative estimate of drug-likeness (QED) is 0.852. The summed E-state index contributed by atoms with van der Waals surface area (Å²) in [5.41, 5.74) is 1.14. The van der Waals surface area contributed by atoms with Gasteiger partial charge >= 0.3 is 11.9 Å². The van der Waals surface area contributed by atoms with Crippen LogP contribution in [0.25, 0.3) is 11.1 Å². The van der Waals surface area contributed by atoms with E-state index in [1.165, 1.54) is 9.47 Å². The predicted octanol–water partition coefficient (Wildman–Crippen LogP) is 2.71. The van der Waals surface area contributed by atoms with Gasteiger partial charge in [0.15, 0.2) is 5.58 Å². The van der Waals surface area contributed by atoms with Crippen LogP contribution in [0.1, 0.15) is 25.3 Å². The first-order chi connectivity index (χ1) is 10.8. The van der Waals surface area contributed by atoms with E-state index in [-0.39, 0.29) is 19.1 Å². The molecule has 1 aliphatic rings. The maximum atomic E-state index is 12.3. The molecule has 1 fully saturated rings. The predicted molar refractivity (Wildman–Crippen MR) is 76.0 cm³/mol. The zero-order valence-electron chi connectivity index (χ0n) is 12.2. The van der Waals surface area contributed by atoms with E-state index < -0.39 is 24.3 Å². The smallest absolute Gasteiger partial charge is 0.408 e. The van der Waals surface area contributed by atoms with Gasteiger partial charge in [0.05, 0.1) is 5.52 Å². The first kappa shape index (κ1) is 15.6. The molecule has 1 amide bonds. The fraction of sp³-hybridized carbons (Fsp3) is 0.467. The first-order valence-corrected chi connectivity index (χ1v) is 7.30. The van der Waals surface area contributed by atoms with E-state index in [1.807, 2.05) is 0 Å². The van der Waals surface area contributed by atoms with Crippen LogP contribution < -0.4 is 5.76 Å². The second-order valence-electron chi connectivity index (χ2n) is 5.61. The van der Waals surface area contributed by atoms with Crippen LogP contribution in [-0.2, 0) is 4.79 Å². The molecule has 5 nitrogen and oxygen atoms in total. The highest BCUT2D eigenvalue weighted by molar-refractivity contribution is 5.77. The lowest BCUT2D eigenvalue weighted by Crippen LogP contribution is -2.41. The third-order valence-electron chi connectivity index (χ3n) is 4.05.